The molecule has 3 rings (SSSR count). The zero-order chi connectivity index (χ0) is 13.1. The monoisotopic (exact) mass is 256 g/mol. The Morgan fingerprint density at radius 2 is 2.16 bits per heavy atom. The van der Waals surface area contributed by atoms with Gasteiger partial charge in [-0.05, 0) is 37.6 Å². The third-order valence-electron chi connectivity index (χ3n) is 3.75. The van der Waals surface area contributed by atoms with Gasteiger partial charge in [-0.25, -0.2) is 0 Å². The van der Waals surface area contributed by atoms with Crippen molar-refractivity contribution in [3.8, 4) is 0 Å². The lowest BCUT2D eigenvalue weighted by Crippen LogP contribution is -2.29. The highest BCUT2D eigenvalue weighted by Gasteiger charge is 2.18. The average molecular weight is 256 g/mol. The second-order valence-corrected chi connectivity index (χ2v) is 5.05. The van der Waals surface area contributed by atoms with E-state index in [2.05, 4.69) is 40.5 Å². The first-order valence-electron chi connectivity index (χ1n) is 6.91. The summed E-state index contributed by atoms with van der Waals surface area (Å²) in [6.45, 7) is 2.83. The molecule has 1 N–H and O–H groups in total. The van der Waals surface area contributed by atoms with E-state index in [0.29, 0.717) is 0 Å². The van der Waals surface area contributed by atoms with Crippen molar-refractivity contribution in [3.05, 3.63) is 53.5 Å². The third-order valence-corrected chi connectivity index (χ3v) is 3.75. The summed E-state index contributed by atoms with van der Waals surface area (Å²) in [6.07, 6.45) is 4.20. The van der Waals surface area contributed by atoms with Crippen LogP contribution in [0, 0.1) is 0 Å². The van der Waals surface area contributed by atoms with Crippen molar-refractivity contribution >= 4 is 5.69 Å². The predicted octanol–water partition coefficient (Wildman–Crippen LogP) is 2.95. The maximum atomic E-state index is 5.65. The molecular formula is C16H20N2O. The molecule has 1 aliphatic heterocycles. The molecule has 1 aromatic heterocycles. The fourth-order valence-corrected chi connectivity index (χ4v) is 2.80. The molecule has 0 atom stereocenters. The van der Waals surface area contributed by atoms with Crippen molar-refractivity contribution in [1.82, 2.24) is 5.32 Å². The highest BCUT2D eigenvalue weighted by Crippen LogP contribution is 2.28. The summed E-state index contributed by atoms with van der Waals surface area (Å²) in [5.41, 5.74) is 4.07. The van der Waals surface area contributed by atoms with Crippen LogP contribution in [0.25, 0.3) is 0 Å². The zero-order valence-electron chi connectivity index (χ0n) is 11.4. The minimum Gasteiger partial charge on any atom is -0.467 e. The molecule has 0 fully saturated rings. The van der Waals surface area contributed by atoms with E-state index in [1.165, 1.54) is 29.7 Å². The maximum absolute atomic E-state index is 5.65. The Labute approximate surface area is 114 Å². The molecule has 0 spiro atoms. The lowest BCUT2D eigenvalue weighted by atomic mass is 10.0. The number of benzene rings is 1. The van der Waals surface area contributed by atoms with Gasteiger partial charge < -0.3 is 14.6 Å². The van der Waals surface area contributed by atoms with Gasteiger partial charge in [-0.1, -0.05) is 18.2 Å². The van der Waals surface area contributed by atoms with Crippen molar-refractivity contribution in [1.29, 1.82) is 0 Å². The van der Waals surface area contributed by atoms with Crippen molar-refractivity contribution in [2.75, 3.05) is 18.5 Å². The largest absolute Gasteiger partial charge is 0.467 e. The van der Waals surface area contributed by atoms with Crippen molar-refractivity contribution in [3.63, 3.8) is 0 Å². The minimum absolute atomic E-state index is 0.862. The molecule has 0 amide bonds. The number of nitrogens with zero attached hydrogens (tertiary/aromatic N) is 1. The van der Waals surface area contributed by atoms with E-state index >= 15 is 0 Å². The van der Waals surface area contributed by atoms with Crippen LogP contribution in [0.3, 0.4) is 0 Å². The first kappa shape index (κ1) is 12.3. The van der Waals surface area contributed by atoms with Crippen LogP contribution in [0.1, 0.15) is 23.3 Å². The molecule has 2 heterocycles. The molecule has 0 radical (unpaired) electrons. The van der Waals surface area contributed by atoms with Gasteiger partial charge in [0.05, 0.1) is 12.8 Å². The molecule has 3 nitrogen and oxygen atoms in total. The fourth-order valence-electron chi connectivity index (χ4n) is 2.80. The summed E-state index contributed by atoms with van der Waals surface area (Å²) in [4.78, 5) is 2.43. The number of hydrogen-bond donors (Lipinski definition) is 1. The van der Waals surface area contributed by atoms with Crippen LogP contribution in [-0.4, -0.2) is 13.6 Å². The van der Waals surface area contributed by atoms with Crippen molar-refractivity contribution < 1.29 is 4.42 Å². The van der Waals surface area contributed by atoms with E-state index in [9.17, 15) is 0 Å². The molecule has 1 aromatic carbocycles. The van der Waals surface area contributed by atoms with Crippen LogP contribution in [0.2, 0.25) is 0 Å². The number of nitrogens with one attached hydrogen (secondary N) is 1. The lowest BCUT2D eigenvalue weighted by Gasteiger charge is -2.30. The number of hydrogen-bond acceptors (Lipinski definition) is 3. The van der Waals surface area contributed by atoms with Gasteiger partial charge in [0.25, 0.3) is 0 Å². The Balaban J connectivity index is 1.82. The van der Waals surface area contributed by atoms with Crippen LogP contribution in [0.4, 0.5) is 5.69 Å². The second kappa shape index (κ2) is 5.49. The molecule has 0 bridgehead atoms. The molecule has 0 saturated heterocycles. The van der Waals surface area contributed by atoms with Crippen LogP contribution in [0.15, 0.2) is 41.0 Å². The van der Waals surface area contributed by atoms with Gasteiger partial charge in [-0.3, -0.25) is 0 Å². The third kappa shape index (κ3) is 2.51. The smallest absolute Gasteiger partial charge is 0.127 e. The number of anilines is 1. The van der Waals surface area contributed by atoms with E-state index in [-0.39, 0.29) is 0 Å². The molecule has 100 valence electrons. The van der Waals surface area contributed by atoms with E-state index in [1.54, 1.807) is 6.26 Å². The quantitative estimate of drug-likeness (QED) is 0.911. The Bertz CT molecular complexity index is 547. The summed E-state index contributed by atoms with van der Waals surface area (Å²) in [5.74, 6) is 1.08. The lowest BCUT2D eigenvalue weighted by molar-refractivity contribution is 0.491. The highest BCUT2D eigenvalue weighted by molar-refractivity contribution is 5.55. The van der Waals surface area contributed by atoms with Gasteiger partial charge in [0.1, 0.15) is 5.76 Å². The number of furan rings is 1. The normalized spacial score (nSPS) is 14.5. The Kier molecular flexibility index (Phi) is 3.56. The molecule has 0 saturated carbocycles. The van der Waals surface area contributed by atoms with Crippen LogP contribution >= 0.6 is 0 Å². The van der Waals surface area contributed by atoms with Gasteiger partial charge in [0, 0.05) is 24.3 Å². The molecule has 0 unspecified atom stereocenters. The predicted molar refractivity (Wildman–Crippen MR) is 77.3 cm³/mol. The van der Waals surface area contributed by atoms with E-state index < -0.39 is 0 Å². The van der Waals surface area contributed by atoms with Gasteiger partial charge in [-0.2, -0.15) is 0 Å². The molecule has 2 aromatic rings. The minimum atomic E-state index is 0.862. The highest BCUT2D eigenvalue weighted by atomic mass is 16.3. The van der Waals surface area contributed by atoms with E-state index in [1.807, 2.05) is 7.05 Å². The standard InChI is InChI=1S/C16H20N2O/c1-17-11-14-8-10-19-16(14)12-18-9-4-6-13-5-2-3-7-15(13)18/h2-3,5,7-8,10,17H,4,6,9,11-12H2,1H3. The Morgan fingerprint density at radius 1 is 1.26 bits per heavy atom. The second-order valence-electron chi connectivity index (χ2n) is 5.05. The molecule has 19 heavy (non-hydrogen) atoms. The van der Waals surface area contributed by atoms with Crippen LogP contribution in [0.5, 0.6) is 0 Å². The molecular weight excluding hydrogens is 236 g/mol. The number of aryl methyl sites for hydroxylation is 1. The average Bonchev–Trinajstić information content (AvgIpc) is 2.87. The number of para-hydroxylation sites is 1. The summed E-state index contributed by atoms with van der Waals surface area (Å²) in [7, 11) is 1.97. The summed E-state index contributed by atoms with van der Waals surface area (Å²) < 4.78 is 5.65. The molecule has 3 heteroatoms. The van der Waals surface area contributed by atoms with Crippen LogP contribution < -0.4 is 10.2 Å². The Morgan fingerprint density at radius 3 is 3.05 bits per heavy atom. The van der Waals surface area contributed by atoms with E-state index in [4.69, 9.17) is 4.42 Å². The summed E-state index contributed by atoms with van der Waals surface area (Å²) in [5, 5.41) is 3.19. The summed E-state index contributed by atoms with van der Waals surface area (Å²) in [6, 6.07) is 10.8. The molecule has 1 aliphatic rings. The van der Waals surface area contributed by atoms with E-state index in [0.717, 1.165) is 25.4 Å². The van der Waals surface area contributed by atoms with Gasteiger partial charge in [-0.15, -0.1) is 0 Å². The Hall–Kier alpha value is -1.74. The van der Waals surface area contributed by atoms with Crippen molar-refractivity contribution in [2.24, 2.45) is 0 Å². The number of fused-ring (bicyclic) bond motifs is 1. The van der Waals surface area contributed by atoms with Gasteiger partial charge in [0.15, 0.2) is 0 Å². The number of rotatable bonds is 4. The fraction of sp³-hybridized carbons (Fsp3) is 0.375. The van der Waals surface area contributed by atoms with Gasteiger partial charge in [0.2, 0.25) is 0 Å². The first-order valence-corrected chi connectivity index (χ1v) is 6.91. The van der Waals surface area contributed by atoms with Crippen LogP contribution in [-0.2, 0) is 19.5 Å². The van der Waals surface area contributed by atoms with Crippen molar-refractivity contribution in [2.45, 2.75) is 25.9 Å². The SMILES string of the molecule is CNCc1ccoc1CN1CCCc2ccccc21. The molecule has 0 aliphatic carbocycles. The first-order chi connectivity index (χ1) is 9.38. The summed E-state index contributed by atoms with van der Waals surface area (Å²) >= 11 is 0. The van der Waals surface area contributed by atoms with Gasteiger partial charge >= 0.3 is 0 Å². The topological polar surface area (TPSA) is 28.4 Å². The zero-order valence-corrected chi connectivity index (χ0v) is 11.4. The maximum Gasteiger partial charge on any atom is 0.127 e.